The summed E-state index contributed by atoms with van der Waals surface area (Å²) in [7, 11) is 0. The lowest BCUT2D eigenvalue weighted by molar-refractivity contribution is 1.25. The summed E-state index contributed by atoms with van der Waals surface area (Å²) in [6, 6.07) is 13.7. The summed E-state index contributed by atoms with van der Waals surface area (Å²) in [5.74, 6) is 0.187. The van der Waals surface area contributed by atoms with E-state index in [-0.39, 0.29) is 5.82 Å². The number of fused-ring (bicyclic) bond motifs is 1. The Balaban J connectivity index is 2.04. The maximum absolute atomic E-state index is 9.64. The Morgan fingerprint density at radius 2 is 1.92 bits per heavy atom. The highest BCUT2D eigenvalue weighted by Crippen LogP contribution is 2.37. The number of aromatic nitrogens is 3. The molecule has 0 unspecified atom stereocenters. The second-order valence-corrected chi connectivity index (χ2v) is 6.80. The van der Waals surface area contributed by atoms with Crippen molar-refractivity contribution in [2.75, 3.05) is 11.5 Å². The average Bonchev–Trinajstić information content (AvgIpc) is 2.98. The molecule has 0 bridgehead atoms. The number of rotatable bonds is 2. The first kappa shape index (κ1) is 16.0. The van der Waals surface area contributed by atoms with Crippen LogP contribution in [0.25, 0.3) is 32.6 Å². The summed E-state index contributed by atoms with van der Waals surface area (Å²) in [4.78, 5) is 13.9. The Bertz CT molecular complexity index is 1180. The fourth-order valence-electron chi connectivity index (χ4n) is 3.00. The number of thiazole rings is 1. The van der Waals surface area contributed by atoms with Gasteiger partial charge in [0.05, 0.1) is 21.8 Å². The molecule has 4 N–H and O–H groups in total. The highest BCUT2D eigenvalue weighted by molar-refractivity contribution is 7.18. The van der Waals surface area contributed by atoms with Gasteiger partial charge in [0, 0.05) is 17.1 Å². The quantitative estimate of drug-likeness (QED) is 0.564. The van der Waals surface area contributed by atoms with Gasteiger partial charge in [0.25, 0.3) is 0 Å². The Morgan fingerprint density at radius 3 is 2.65 bits per heavy atom. The van der Waals surface area contributed by atoms with Crippen LogP contribution in [0, 0.1) is 18.3 Å². The first-order valence-electron chi connectivity index (χ1n) is 7.86. The van der Waals surface area contributed by atoms with E-state index < -0.39 is 0 Å². The predicted molar refractivity (Wildman–Crippen MR) is 104 cm³/mol. The zero-order valence-corrected chi connectivity index (χ0v) is 14.7. The van der Waals surface area contributed by atoms with Crippen molar-refractivity contribution in [3.8, 4) is 27.8 Å². The molecular weight excluding hydrogens is 344 g/mol. The molecule has 4 rings (SSSR count). The summed E-state index contributed by atoms with van der Waals surface area (Å²) in [6.07, 6.45) is 1.74. The molecule has 0 aliphatic heterocycles. The lowest BCUT2D eigenvalue weighted by atomic mass is 9.96. The first-order valence-corrected chi connectivity index (χ1v) is 8.68. The van der Waals surface area contributed by atoms with Crippen molar-refractivity contribution in [3.63, 3.8) is 0 Å². The number of hydrogen-bond acceptors (Lipinski definition) is 7. The molecule has 0 spiro atoms. The summed E-state index contributed by atoms with van der Waals surface area (Å²) >= 11 is 1.35. The van der Waals surface area contributed by atoms with Crippen LogP contribution in [0.5, 0.6) is 0 Å². The third kappa shape index (κ3) is 2.53. The summed E-state index contributed by atoms with van der Waals surface area (Å²) in [6.45, 7) is 1.87. The molecule has 0 aliphatic carbocycles. The van der Waals surface area contributed by atoms with Gasteiger partial charge in [0.2, 0.25) is 0 Å². The molecule has 3 heterocycles. The Labute approximate surface area is 153 Å². The van der Waals surface area contributed by atoms with E-state index in [1.165, 1.54) is 11.3 Å². The first-order chi connectivity index (χ1) is 12.6. The summed E-state index contributed by atoms with van der Waals surface area (Å²) in [5, 5.41) is 11.1. The van der Waals surface area contributed by atoms with Gasteiger partial charge >= 0.3 is 0 Å². The van der Waals surface area contributed by atoms with Gasteiger partial charge in [0.15, 0.2) is 5.13 Å². The number of anilines is 2. The van der Waals surface area contributed by atoms with Gasteiger partial charge in [0.1, 0.15) is 17.5 Å². The zero-order valence-electron chi connectivity index (χ0n) is 13.9. The third-order valence-corrected chi connectivity index (χ3v) is 5.15. The van der Waals surface area contributed by atoms with E-state index in [2.05, 4.69) is 21.0 Å². The standard InChI is InChI=1S/C19H14N6S/c1-10-17(26-19(22)24-10)16-8-13(14(9-20)18(21)25-16)11-4-2-6-15-12(11)5-3-7-23-15/h2-8H,1H3,(H2,21,25)(H2,22,24). The molecular formula is C19H14N6S. The minimum Gasteiger partial charge on any atom is -0.383 e. The van der Waals surface area contributed by atoms with Gasteiger partial charge in [-0.05, 0) is 30.7 Å². The molecule has 0 aliphatic rings. The van der Waals surface area contributed by atoms with Crippen molar-refractivity contribution in [1.29, 1.82) is 5.26 Å². The van der Waals surface area contributed by atoms with Crippen molar-refractivity contribution >= 4 is 33.2 Å². The third-order valence-electron chi connectivity index (χ3n) is 4.14. The average molecular weight is 358 g/mol. The van der Waals surface area contributed by atoms with E-state index in [1.807, 2.05) is 43.3 Å². The largest absolute Gasteiger partial charge is 0.383 e. The fourth-order valence-corrected chi connectivity index (χ4v) is 3.80. The van der Waals surface area contributed by atoms with Gasteiger partial charge in [-0.25, -0.2) is 9.97 Å². The minimum atomic E-state index is 0.187. The van der Waals surface area contributed by atoms with Gasteiger partial charge in [-0.15, -0.1) is 0 Å². The smallest absolute Gasteiger partial charge is 0.180 e. The molecule has 26 heavy (non-hydrogen) atoms. The van der Waals surface area contributed by atoms with E-state index in [9.17, 15) is 5.26 Å². The molecule has 126 valence electrons. The second kappa shape index (κ2) is 6.10. The van der Waals surface area contributed by atoms with E-state index in [0.717, 1.165) is 32.6 Å². The number of aryl methyl sites for hydroxylation is 1. The Kier molecular flexibility index (Phi) is 3.75. The molecule has 0 saturated carbocycles. The number of benzene rings is 1. The van der Waals surface area contributed by atoms with Crippen molar-refractivity contribution in [3.05, 3.63) is 53.9 Å². The SMILES string of the molecule is Cc1nc(N)sc1-c1cc(-c2cccc3ncccc23)c(C#N)c(N)n1. The van der Waals surface area contributed by atoms with Crippen LogP contribution in [0.3, 0.4) is 0 Å². The second-order valence-electron chi connectivity index (χ2n) is 5.77. The van der Waals surface area contributed by atoms with Crippen molar-refractivity contribution in [2.45, 2.75) is 6.92 Å². The van der Waals surface area contributed by atoms with Crippen LogP contribution in [0.1, 0.15) is 11.3 Å². The molecule has 1 aromatic carbocycles. The zero-order chi connectivity index (χ0) is 18.3. The number of hydrogen-bond donors (Lipinski definition) is 2. The monoisotopic (exact) mass is 358 g/mol. The van der Waals surface area contributed by atoms with Crippen LogP contribution in [0.2, 0.25) is 0 Å². The number of nitrogen functional groups attached to an aromatic ring is 2. The maximum atomic E-state index is 9.64. The molecule has 7 heteroatoms. The Hall–Kier alpha value is -3.50. The van der Waals surface area contributed by atoms with Crippen molar-refractivity contribution in [1.82, 2.24) is 15.0 Å². The van der Waals surface area contributed by atoms with Crippen LogP contribution in [0.15, 0.2) is 42.6 Å². The van der Waals surface area contributed by atoms with Crippen molar-refractivity contribution < 1.29 is 0 Å². The molecule has 0 atom stereocenters. The normalized spacial score (nSPS) is 10.8. The maximum Gasteiger partial charge on any atom is 0.180 e. The molecule has 6 nitrogen and oxygen atoms in total. The van der Waals surface area contributed by atoms with Gasteiger partial charge in [-0.3, -0.25) is 4.98 Å². The highest BCUT2D eigenvalue weighted by Gasteiger charge is 2.18. The van der Waals surface area contributed by atoms with Crippen LogP contribution in [-0.4, -0.2) is 15.0 Å². The van der Waals surface area contributed by atoms with Crippen molar-refractivity contribution in [2.24, 2.45) is 0 Å². The minimum absolute atomic E-state index is 0.187. The number of nitrogens with zero attached hydrogens (tertiary/aromatic N) is 4. The predicted octanol–water partition coefficient (Wildman–Crippen LogP) is 3.76. The van der Waals surface area contributed by atoms with Crippen LogP contribution in [-0.2, 0) is 0 Å². The van der Waals surface area contributed by atoms with E-state index in [1.54, 1.807) is 6.20 Å². The molecule has 0 radical (unpaired) electrons. The Morgan fingerprint density at radius 1 is 1.08 bits per heavy atom. The molecule has 0 amide bonds. The van der Waals surface area contributed by atoms with Crippen LogP contribution in [0.4, 0.5) is 10.9 Å². The lowest BCUT2D eigenvalue weighted by Gasteiger charge is -2.11. The molecule has 0 fully saturated rings. The van der Waals surface area contributed by atoms with Gasteiger partial charge < -0.3 is 11.5 Å². The highest BCUT2D eigenvalue weighted by atomic mass is 32.1. The van der Waals surface area contributed by atoms with Gasteiger partial charge in [-0.2, -0.15) is 5.26 Å². The van der Waals surface area contributed by atoms with Crippen LogP contribution < -0.4 is 11.5 Å². The summed E-state index contributed by atoms with van der Waals surface area (Å²) in [5.41, 5.74) is 16.2. The van der Waals surface area contributed by atoms with E-state index >= 15 is 0 Å². The summed E-state index contributed by atoms with van der Waals surface area (Å²) < 4.78 is 0. The number of nitriles is 1. The number of nitrogens with two attached hydrogens (primary N) is 2. The molecule has 3 aromatic heterocycles. The van der Waals surface area contributed by atoms with Crippen LogP contribution >= 0.6 is 11.3 Å². The molecule has 4 aromatic rings. The fraction of sp³-hybridized carbons (Fsp3) is 0.0526. The lowest BCUT2D eigenvalue weighted by Crippen LogP contribution is -2.00. The number of pyridine rings is 2. The molecule has 0 saturated heterocycles. The van der Waals surface area contributed by atoms with Gasteiger partial charge in [-0.1, -0.05) is 29.5 Å². The van der Waals surface area contributed by atoms with E-state index in [0.29, 0.717) is 16.4 Å². The topological polar surface area (TPSA) is 114 Å². The van der Waals surface area contributed by atoms with E-state index in [4.69, 9.17) is 11.5 Å².